The number of carboxylic acid groups (broad SMARTS) is 1. The van der Waals surface area contributed by atoms with E-state index in [1.54, 1.807) is 13.1 Å². The van der Waals surface area contributed by atoms with Crippen molar-refractivity contribution in [3.05, 3.63) is 29.8 Å². The summed E-state index contributed by atoms with van der Waals surface area (Å²) >= 11 is 0. The summed E-state index contributed by atoms with van der Waals surface area (Å²) in [6, 6.07) is 6.69. The van der Waals surface area contributed by atoms with Crippen molar-refractivity contribution >= 4 is 11.7 Å². The predicted molar refractivity (Wildman–Crippen MR) is 55.0 cm³/mol. The number of likely N-dealkylation sites (N-methyl/N-ethyl adjacent to an activating group) is 1. The van der Waals surface area contributed by atoms with Crippen LogP contribution in [-0.4, -0.2) is 24.2 Å². The van der Waals surface area contributed by atoms with E-state index in [-0.39, 0.29) is 0 Å². The summed E-state index contributed by atoms with van der Waals surface area (Å²) in [5.74, 6) is -0.865. The molecule has 0 radical (unpaired) electrons. The van der Waals surface area contributed by atoms with Gasteiger partial charge in [-0.15, -0.1) is 0 Å². The summed E-state index contributed by atoms with van der Waals surface area (Å²) in [6.45, 7) is 0. The van der Waals surface area contributed by atoms with E-state index in [0.29, 0.717) is 12.1 Å². The minimum Gasteiger partial charge on any atom is -0.480 e. The number of hydrogen-bond donors (Lipinski definition) is 3. The Kier molecular flexibility index (Phi) is 3.48. The zero-order valence-electron chi connectivity index (χ0n) is 8.03. The number of nitrogen functional groups attached to an aromatic ring is 1. The maximum atomic E-state index is 10.7. The van der Waals surface area contributed by atoms with Crippen molar-refractivity contribution in [1.82, 2.24) is 5.32 Å². The molecule has 0 heterocycles. The number of hydrogen-bond acceptors (Lipinski definition) is 3. The maximum absolute atomic E-state index is 10.7. The molecule has 1 aromatic carbocycles. The zero-order chi connectivity index (χ0) is 10.6. The van der Waals surface area contributed by atoms with Gasteiger partial charge < -0.3 is 16.2 Å². The number of para-hydroxylation sites is 1. The summed E-state index contributed by atoms with van der Waals surface area (Å²) < 4.78 is 0. The van der Waals surface area contributed by atoms with Gasteiger partial charge in [-0.2, -0.15) is 0 Å². The highest BCUT2D eigenvalue weighted by Crippen LogP contribution is 2.12. The van der Waals surface area contributed by atoms with E-state index in [4.69, 9.17) is 10.8 Å². The molecule has 0 aliphatic rings. The monoisotopic (exact) mass is 194 g/mol. The van der Waals surface area contributed by atoms with Gasteiger partial charge in [-0.3, -0.25) is 4.79 Å². The molecule has 0 aromatic heterocycles. The average Bonchev–Trinajstić information content (AvgIpc) is 2.16. The van der Waals surface area contributed by atoms with Gasteiger partial charge in [-0.25, -0.2) is 0 Å². The molecule has 0 bridgehead atoms. The fourth-order valence-electron chi connectivity index (χ4n) is 1.25. The topological polar surface area (TPSA) is 75.3 Å². The number of aliphatic carboxylic acids is 1. The van der Waals surface area contributed by atoms with Crippen LogP contribution in [0.4, 0.5) is 5.69 Å². The van der Waals surface area contributed by atoms with E-state index < -0.39 is 12.0 Å². The van der Waals surface area contributed by atoms with E-state index in [2.05, 4.69) is 5.32 Å². The smallest absolute Gasteiger partial charge is 0.321 e. The van der Waals surface area contributed by atoms with E-state index in [1.165, 1.54) is 0 Å². The molecular formula is C10H14N2O2. The van der Waals surface area contributed by atoms with Gasteiger partial charge in [-0.1, -0.05) is 18.2 Å². The minimum atomic E-state index is -0.865. The van der Waals surface area contributed by atoms with Crippen molar-refractivity contribution in [2.75, 3.05) is 12.8 Å². The highest BCUT2D eigenvalue weighted by molar-refractivity contribution is 5.74. The summed E-state index contributed by atoms with van der Waals surface area (Å²) in [6.07, 6.45) is 0.401. The number of nitrogens with two attached hydrogens (primary N) is 1. The molecule has 0 aliphatic heterocycles. The van der Waals surface area contributed by atoms with Gasteiger partial charge in [0, 0.05) is 12.1 Å². The van der Waals surface area contributed by atoms with E-state index in [0.717, 1.165) is 5.56 Å². The van der Waals surface area contributed by atoms with Gasteiger partial charge in [0.05, 0.1) is 0 Å². The Bertz CT molecular complexity index is 326. The molecule has 0 unspecified atom stereocenters. The molecule has 0 saturated heterocycles. The first-order valence-electron chi connectivity index (χ1n) is 4.38. The maximum Gasteiger partial charge on any atom is 0.321 e. The molecule has 0 aliphatic carbocycles. The van der Waals surface area contributed by atoms with Crippen LogP contribution in [0.2, 0.25) is 0 Å². The minimum absolute atomic E-state index is 0.401. The predicted octanol–water partition coefficient (Wildman–Crippen LogP) is 0.484. The second-order valence-corrected chi connectivity index (χ2v) is 3.08. The lowest BCUT2D eigenvalue weighted by atomic mass is 10.0. The molecule has 0 saturated carbocycles. The Morgan fingerprint density at radius 1 is 1.57 bits per heavy atom. The molecule has 76 valence electrons. The second kappa shape index (κ2) is 4.62. The zero-order valence-corrected chi connectivity index (χ0v) is 8.03. The molecule has 4 N–H and O–H groups in total. The molecule has 0 spiro atoms. The van der Waals surface area contributed by atoms with Crippen molar-refractivity contribution in [2.45, 2.75) is 12.5 Å². The Hall–Kier alpha value is -1.55. The number of nitrogens with one attached hydrogen (secondary N) is 1. The first kappa shape index (κ1) is 10.5. The van der Waals surface area contributed by atoms with E-state index in [9.17, 15) is 4.79 Å². The van der Waals surface area contributed by atoms with Gasteiger partial charge in [0.25, 0.3) is 0 Å². The van der Waals surface area contributed by atoms with E-state index >= 15 is 0 Å². The third-order valence-corrected chi connectivity index (χ3v) is 2.13. The quantitative estimate of drug-likeness (QED) is 0.609. The molecule has 4 nitrogen and oxygen atoms in total. The van der Waals surface area contributed by atoms with Gasteiger partial charge in [0.2, 0.25) is 0 Å². The van der Waals surface area contributed by atoms with Crippen molar-refractivity contribution in [3.8, 4) is 0 Å². The largest absolute Gasteiger partial charge is 0.480 e. The highest BCUT2D eigenvalue weighted by atomic mass is 16.4. The number of carbonyl (C=O) groups is 1. The number of anilines is 1. The summed E-state index contributed by atoms with van der Waals surface area (Å²) in [7, 11) is 1.62. The molecule has 1 aromatic rings. The number of rotatable bonds is 4. The molecule has 14 heavy (non-hydrogen) atoms. The van der Waals surface area contributed by atoms with Crippen LogP contribution in [0.1, 0.15) is 5.56 Å². The molecule has 1 atom stereocenters. The van der Waals surface area contributed by atoms with Crippen LogP contribution < -0.4 is 11.1 Å². The lowest BCUT2D eigenvalue weighted by Gasteiger charge is -2.12. The molecular weight excluding hydrogens is 180 g/mol. The van der Waals surface area contributed by atoms with Crippen LogP contribution in [0.5, 0.6) is 0 Å². The average molecular weight is 194 g/mol. The van der Waals surface area contributed by atoms with Crippen molar-refractivity contribution in [2.24, 2.45) is 0 Å². The van der Waals surface area contributed by atoms with E-state index in [1.807, 2.05) is 18.2 Å². The van der Waals surface area contributed by atoms with Crippen molar-refractivity contribution in [3.63, 3.8) is 0 Å². The van der Waals surface area contributed by atoms with Crippen LogP contribution in [0.25, 0.3) is 0 Å². The SMILES string of the molecule is CN[C@@H](Cc1ccccc1N)C(=O)O. The van der Waals surface area contributed by atoms with Crippen LogP contribution in [0.3, 0.4) is 0 Å². The molecule has 0 amide bonds. The standard InChI is InChI=1S/C10H14N2O2/c1-12-9(10(13)14)6-7-4-2-3-5-8(7)11/h2-5,9,12H,6,11H2,1H3,(H,13,14)/t9-/m0/s1. The van der Waals surface area contributed by atoms with Crippen LogP contribution in [0.15, 0.2) is 24.3 Å². The summed E-state index contributed by atoms with van der Waals surface area (Å²) in [5.41, 5.74) is 7.19. The Balaban J connectivity index is 2.77. The summed E-state index contributed by atoms with van der Waals surface area (Å²) in [5, 5.41) is 11.5. The van der Waals surface area contributed by atoms with Crippen molar-refractivity contribution in [1.29, 1.82) is 0 Å². The number of carboxylic acids is 1. The lowest BCUT2D eigenvalue weighted by molar-refractivity contribution is -0.139. The van der Waals surface area contributed by atoms with Gasteiger partial charge in [0.15, 0.2) is 0 Å². The Morgan fingerprint density at radius 2 is 2.21 bits per heavy atom. The summed E-state index contributed by atoms with van der Waals surface area (Å²) in [4.78, 5) is 10.7. The van der Waals surface area contributed by atoms with Gasteiger partial charge in [-0.05, 0) is 18.7 Å². The second-order valence-electron chi connectivity index (χ2n) is 3.08. The van der Waals surface area contributed by atoms with Gasteiger partial charge in [0.1, 0.15) is 6.04 Å². The fourth-order valence-corrected chi connectivity index (χ4v) is 1.25. The van der Waals surface area contributed by atoms with Crippen LogP contribution in [0, 0.1) is 0 Å². The lowest BCUT2D eigenvalue weighted by Crippen LogP contribution is -2.35. The third-order valence-electron chi connectivity index (χ3n) is 2.13. The molecule has 1 rings (SSSR count). The fraction of sp³-hybridized carbons (Fsp3) is 0.300. The Morgan fingerprint density at radius 3 is 2.71 bits per heavy atom. The normalized spacial score (nSPS) is 12.4. The highest BCUT2D eigenvalue weighted by Gasteiger charge is 2.15. The first-order chi connectivity index (χ1) is 6.65. The third kappa shape index (κ3) is 2.47. The Labute approximate surface area is 82.7 Å². The molecule has 4 heteroatoms. The number of benzene rings is 1. The van der Waals surface area contributed by atoms with Crippen molar-refractivity contribution < 1.29 is 9.90 Å². The van der Waals surface area contributed by atoms with Gasteiger partial charge >= 0.3 is 5.97 Å². The van der Waals surface area contributed by atoms with Crippen LogP contribution in [-0.2, 0) is 11.2 Å². The molecule has 0 fully saturated rings. The van der Waals surface area contributed by atoms with Crippen LogP contribution >= 0.6 is 0 Å². The first-order valence-corrected chi connectivity index (χ1v) is 4.38.